The van der Waals surface area contributed by atoms with Crippen LogP contribution in [0.3, 0.4) is 0 Å². The van der Waals surface area contributed by atoms with Crippen LogP contribution in [-0.4, -0.2) is 62.8 Å². The van der Waals surface area contributed by atoms with Gasteiger partial charge in [0, 0.05) is 32.8 Å². The summed E-state index contributed by atoms with van der Waals surface area (Å²) in [5, 5.41) is 3.38. The van der Waals surface area contributed by atoms with Crippen LogP contribution >= 0.6 is 0 Å². The summed E-state index contributed by atoms with van der Waals surface area (Å²) >= 11 is 0. The van der Waals surface area contributed by atoms with Gasteiger partial charge in [-0.25, -0.2) is 0 Å². The van der Waals surface area contributed by atoms with E-state index in [0.29, 0.717) is 6.61 Å². The first kappa shape index (κ1) is 23.2. The molecule has 0 unspecified atom stereocenters. The highest BCUT2D eigenvalue weighted by Crippen LogP contribution is 2.18. The van der Waals surface area contributed by atoms with Gasteiger partial charge in [-0.15, -0.1) is 0 Å². The van der Waals surface area contributed by atoms with E-state index >= 15 is 0 Å². The first-order chi connectivity index (χ1) is 14.2. The Morgan fingerprint density at radius 1 is 1.14 bits per heavy atom. The number of likely N-dealkylation sites (tertiary alicyclic amines) is 1. The van der Waals surface area contributed by atoms with Crippen molar-refractivity contribution in [3.63, 3.8) is 0 Å². The van der Waals surface area contributed by atoms with Crippen molar-refractivity contribution in [3.05, 3.63) is 35.9 Å². The standard InChI is InChI=1S/C23H37N3O3/c1-3-24-23(26-16-12-21(13-17-26)22(27)29-4-2)25-15-8-9-18-28-19-14-20-10-6-5-7-11-20/h5-7,10-11,21H,3-4,8-9,12-19H2,1-2H3,(H,24,25). The van der Waals surface area contributed by atoms with Crippen LogP contribution in [0, 0.1) is 5.92 Å². The number of rotatable bonds is 11. The van der Waals surface area contributed by atoms with Crippen molar-refractivity contribution in [2.75, 3.05) is 46.0 Å². The molecule has 0 spiro atoms. The Hall–Kier alpha value is -2.08. The molecule has 1 N–H and O–H groups in total. The Labute approximate surface area is 175 Å². The van der Waals surface area contributed by atoms with Gasteiger partial charge >= 0.3 is 5.97 Å². The van der Waals surface area contributed by atoms with Crippen molar-refractivity contribution in [3.8, 4) is 0 Å². The molecule has 0 saturated carbocycles. The summed E-state index contributed by atoms with van der Waals surface area (Å²) in [4.78, 5) is 18.9. The Kier molecular flexibility index (Phi) is 11.2. The predicted octanol–water partition coefficient (Wildman–Crippen LogP) is 3.27. The molecule has 1 aromatic carbocycles. The molecule has 29 heavy (non-hydrogen) atoms. The number of nitrogens with one attached hydrogen (secondary N) is 1. The fourth-order valence-corrected chi connectivity index (χ4v) is 3.45. The van der Waals surface area contributed by atoms with Crippen LogP contribution in [0.1, 0.15) is 45.1 Å². The number of carbonyl (C=O) groups excluding carboxylic acids is 1. The van der Waals surface area contributed by atoms with Crippen molar-refractivity contribution < 1.29 is 14.3 Å². The topological polar surface area (TPSA) is 63.2 Å². The Morgan fingerprint density at radius 3 is 2.59 bits per heavy atom. The van der Waals surface area contributed by atoms with Gasteiger partial charge in [0.05, 0.1) is 19.1 Å². The zero-order valence-electron chi connectivity index (χ0n) is 18.1. The first-order valence-corrected chi connectivity index (χ1v) is 11.1. The average Bonchev–Trinajstić information content (AvgIpc) is 2.76. The molecule has 0 bridgehead atoms. The molecule has 0 aliphatic carbocycles. The molecule has 1 heterocycles. The molecule has 0 amide bonds. The minimum atomic E-state index is -0.0543. The van der Waals surface area contributed by atoms with E-state index in [4.69, 9.17) is 14.5 Å². The molecule has 0 aromatic heterocycles. The number of esters is 1. The number of carbonyl (C=O) groups is 1. The Balaban J connectivity index is 1.61. The maximum Gasteiger partial charge on any atom is 0.309 e. The summed E-state index contributed by atoms with van der Waals surface area (Å²) in [6.07, 6.45) is 4.66. The highest BCUT2D eigenvalue weighted by molar-refractivity contribution is 5.80. The highest BCUT2D eigenvalue weighted by Gasteiger charge is 2.27. The molecule has 6 nitrogen and oxygen atoms in total. The fraction of sp³-hybridized carbons (Fsp3) is 0.652. The van der Waals surface area contributed by atoms with Gasteiger partial charge in [0.25, 0.3) is 0 Å². The Morgan fingerprint density at radius 2 is 1.90 bits per heavy atom. The number of guanidine groups is 1. The summed E-state index contributed by atoms with van der Waals surface area (Å²) < 4.78 is 10.9. The third-order valence-corrected chi connectivity index (χ3v) is 5.09. The molecule has 1 fully saturated rings. The van der Waals surface area contributed by atoms with Crippen molar-refractivity contribution in [2.45, 2.75) is 46.0 Å². The van der Waals surface area contributed by atoms with Gasteiger partial charge in [-0.3, -0.25) is 9.79 Å². The third-order valence-electron chi connectivity index (χ3n) is 5.09. The minimum absolute atomic E-state index is 0.0297. The number of ether oxygens (including phenoxy) is 2. The third kappa shape index (κ3) is 8.86. The number of benzene rings is 1. The zero-order valence-corrected chi connectivity index (χ0v) is 18.1. The van der Waals surface area contributed by atoms with Crippen molar-refractivity contribution in [1.29, 1.82) is 0 Å². The van der Waals surface area contributed by atoms with Gasteiger partial charge in [0.1, 0.15) is 0 Å². The second-order valence-electron chi connectivity index (χ2n) is 7.30. The number of aliphatic imine (C=N–C) groups is 1. The molecule has 1 aliphatic heterocycles. The first-order valence-electron chi connectivity index (χ1n) is 11.1. The fourth-order valence-electron chi connectivity index (χ4n) is 3.45. The molecule has 1 aromatic rings. The van der Waals surface area contributed by atoms with Crippen molar-refractivity contribution in [1.82, 2.24) is 10.2 Å². The van der Waals surface area contributed by atoms with Crippen LogP contribution in [0.15, 0.2) is 35.3 Å². The second-order valence-corrected chi connectivity index (χ2v) is 7.30. The van der Waals surface area contributed by atoms with Gasteiger partial charge in [-0.05, 0) is 51.5 Å². The van der Waals surface area contributed by atoms with Gasteiger partial charge < -0.3 is 19.7 Å². The van der Waals surface area contributed by atoms with Crippen LogP contribution in [0.25, 0.3) is 0 Å². The molecule has 0 atom stereocenters. The molecular weight excluding hydrogens is 366 g/mol. The quantitative estimate of drug-likeness (QED) is 0.266. The highest BCUT2D eigenvalue weighted by atomic mass is 16.5. The molecule has 162 valence electrons. The summed E-state index contributed by atoms with van der Waals surface area (Å²) in [6, 6.07) is 10.4. The van der Waals surface area contributed by atoms with E-state index in [1.165, 1.54) is 5.56 Å². The molecule has 0 radical (unpaired) electrons. The lowest BCUT2D eigenvalue weighted by Gasteiger charge is -2.33. The minimum Gasteiger partial charge on any atom is -0.466 e. The number of unbranched alkanes of at least 4 members (excludes halogenated alkanes) is 1. The van der Waals surface area contributed by atoms with E-state index in [2.05, 4.69) is 41.4 Å². The number of piperidine rings is 1. The zero-order chi connectivity index (χ0) is 20.7. The largest absolute Gasteiger partial charge is 0.466 e. The lowest BCUT2D eigenvalue weighted by atomic mass is 9.97. The van der Waals surface area contributed by atoms with E-state index in [1.54, 1.807) is 0 Å². The van der Waals surface area contributed by atoms with Crippen molar-refractivity contribution in [2.24, 2.45) is 10.9 Å². The normalized spacial score (nSPS) is 15.4. The number of hydrogen-bond acceptors (Lipinski definition) is 4. The lowest BCUT2D eigenvalue weighted by molar-refractivity contribution is -0.149. The van der Waals surface area contributed by atoms with E-state index in [0.717, 1.165) is 77.5 Å². The molecule has 1 aliphatic rings. The van der Waals surface area contributed by atoms with Crippen LogP contribution < -0.4 is 5.32 Å². The van der Waals surface area contributed by atoms with Gasteiger partial charge in [-0.1, -0.05) is 30.3 Å². The lowest BCUT2D eigenvalue weighted by Crippen LogP contribution is -2.46. The van der Waals surface area contributed by atoms with Gasteiger partial charge in [0.15, 0.2) is 5.96 Å². The smallest absolute Gasteiger partial charge is 0.309 e. The Bertz CT molecular complexity index is 599. The summed E-state index contributed by atoms with van der Waals surface area (Å²) in [5.74, 6) is 0.934. The maximum absolute atomic E-state index is 11.9. The van der Waals surface area contributed by atoms with Crippen molar-refractivity contribution >= 4 is 11.9 Å². The van der Waals surface area contributed by atoms with E-state index in [-0.39, 0.29) is 11.9 Å². The second kappa shape index (κ2) is 14.0. The summed E-state index contributed by atoms with van der Waals surface area (Å²) in [6.45, 7) is 9.28. The van der Waals surface area contributed by atoms with Crippen LogP contribution in [0.5, 0.6) is 0 Å². The van der Waals surface area contributed by atoms with Crippen LogP contribution in [0.4, 0.5) is 0 Å². The van der Waals surface area contributed by atoms with E-state index < -0.39 is 0 Å². The SMILES string of the molecule is CCNC(=NCCCCOCCc1ccccc1)N1CCC(C(=O)OCC)CC1. The van der Waals surface area contributed by atoms with E-state index in [9.17, 15) is 4.79 Å². The summed E-state index contributed by atoms with van der Waals surface area (Å²) in [7, 11) is 0. The predicted molar refractivity (Wildman–Crippen MR) is 117 cm³/mol. The van der Waals surface area contributed by atoms with Crippen LogP contribution in [0.2, 0.25) is 0 Å². The average molecular weight is 404 g/mol. The van der Waals surface area contributed by atoms with Gasteiger partial charge in [-0.2, -0.15) is 0 Å². The monoisotopic (exact) mass is 403 g/mol. The van der Waals surface area contributed by atoms with E-state index in [1.807, 2.05) is 13.0 Å². The number of hydrogen-bond donors (Lipinski definition) is 1. The molecule has 6 heteroatoms. The van der Waals surface area contributed by atoms with Crippen LogP contribution in [-0.2, 0) is 20.7 Å². The summed E-state index contributed by atoms with van der Waals surface area (Å²) in [5.41, 5.74) is 1.32. The number of nitrogens with zero attached hydrogens (tertiary/aromatic N) is 2. The van der Waals surface area contributed by atoms with Gasteiger partial charge in [0.2, 0.25) is 0 Å². The molecular formula is C23H37N3O3. The molecule has 2 rings (SSSR count). The maximum atomic E-state index is 11.9. The molecule has 1 saturated heterocycles.